The summed E-state index contributed by atoms with van der Waals surface area (Å²) < 4.78 is 5.36. The fourth-order valence-electron chi connectivity index (χ4n) is 4.20. The quantitative estimate of drug-likeness (QED) is 0.243. The highest BCUT2D eigenvalue weighted by molar-refractivity contribution is 6.30. The molecule has 0 saturated heterocycles. The monoisotopic (exact) mass is 532 g/mol. The third-order valence-corrected chi connectivity index (χ3v) is 6.59. The largest absolute Gasteiger partial charge is 0.445 e. The second kappa shape index (κ2) is 11.8. The number of carbonyl (C=O) groups excluding carboxylic acids is 3. The van der Waals surface area contributed by atoms with Gasteiger partial charge in [-0.3, -0.25) is 9.59 Å². The normalized spacial score (nSPS) is 13.3. The first-order chi connectivity index (χ1) is 18.2. The van der Waals surface area contributed by atoms with Crippen LogP contribution in [0.25, 0.3) is 10.9 Å². The Kier molecular flexibility index (Phi) is 8.33. The zero-order chi connectivity index (χ0) is 27.1. The number of hydrogen-bond donors (Lipinski definition) is 4. The molecule has 1 heterocycles. The molecule has 5 N–H and O–H groups in total. The van der Waals surface area contributed by atoms with Gasteiger partial charge in [-0.15, -0.1) is 0 Å². The second-order valence-corrected chi connectivity index (χ2v) is 9.75. The minimum Gasteiger partial charge on any atom is -0.445 e. The van der Waals surface area contributed by atoms with E-state index in [9.17, 15) is 14.4 Å². The van der Waals surface area contributed by atoms with Crippen LogP contribution in [0.15, 0.2) is 85.1 Å². The summed E-state index contributed by atoms with van der Waals surface area (Å²) in [5.41, 5.74) is 7.63. The van der Waals surface area contributed by atoms with E-state index in [1.54, 1.807) is 37.4 Å². The van der Waals surface area contributed by atoms with Gasteiger partial charge in [0, 0.05) is 35.0 Å². The molecule has 9 heteroatoms. The number of hydrogen-bond acceptors (Lipinski definition) is 4. The van der Waals surface area contributed by atoms with E-state index in [1.807, 2.05) is 54.6 Å². The number of ether oxygens (including phenoxy) is 1. The van der Waals surface area contributed by atoms with E-state index in [1.165, 1.54) is 0 Å². The molecule has 0 aliphatic rings. The summed E-state index contributed by atoms with van der Waals surface area (Å²) in [5, 5.41) is 6.93. The molecule has 0 bridgehead atoms. The van der Waals surface area contributed by atoms with Crippen LogP contribution >= 0.6 is 11.6 Å². The molecule has 0 saturated carbocycles. The van der Waals surface area contributed by atoms with Gasteiger partial charge in [0.25, 0.3) is 0 Å². The van der Waals surface area contributed by atoms with Gasteiger partial charge in [0.2, 0.25) is 11.8 Å². The lowest BCUT2D eigenvalue weighted by Gasteiger charge is -2.30. The number of nitrogens with two attached hydrogens (primary N) is 1. The van der Waals surface area contributed by atoms with Gasteiger partial charge in [0.1, 0.15) is 18.2 Å². The molecule has 0 unspecified atom stereocenters. The average molecular weight is 533 g/mol. The summed E-state index contributed by atoms with van der Waals surface area (Å²) in [6, 6.07) is 22.7. The lowest BCUT2D eigenvalue weighted by atomic mass is 9.91. The van der Waals surface area contributed by atoms with E-state index in [2.05, 4.69) is 15.6 Å². The number of aromatic nitrogens is 1. The standard InChI is InChI=1S/C29H29ClN4O4/c1-29(27(31)36,16-19-7-3-2-4-8-19)34-26(35)25(15-21-17-32-24-10-6-5-9-23(21)24)33-28(37)38-18-20-11-13-22(30)14-12-20/h2-14,17,25,32H,15-16,18H2,1H3,(H2,31,36)(H,33,37)(H,34,35)/t25-,29+/m0/s1. The number of halogens is 1. The lowest BCUT2D eigenvalue weighted by molar-refractivity contribution is -0.132. The summed E-state index contributed by atoms with van der Waals surface area (Å²) in [6.45, 7) is 1.57. The molecule has 4 rings (SSSR count). The highest BCUT2D eigenvalue weighted by atomic mass is 35.5. The highest BCUT2D eigenvalue weighted by Crippen LogP contribution is 2.20. The number of benzene rings is 3. The van der Waals surface area contributed by atoms with Crippen LogP contribution < -0.4 is 16.4 Å². The summed E-state index contributed by atoms with van der Waals surface area (Å²) in [6.07, 6.45) is 1.37. The molecule has 2 atom stereocenters. The first-order valence-corrected chi connectivity index (χ1v) is 12.5. The van der Waals surface area contributed by atoms with E-state index in [0.717, 1.165) is 27.6 Å². The van der Waals surface area contributed by atoms with Gasteiger partial charge in [-0.1, -0.05) is 72.3 Å². The third kappa shape index (κ3) is 6.72. The van der Waals surface area contributed by atoms with E-state index in [4.69, 9.17) is 22.1 Å². The van der Waals surface area contributed by atoms with Crippen molar-refractivity contribution in [1.29, 1.82) is 0 Å². The number of aromatic amines is 1. The predicted octanol–water partition coefficient (Wildman–Crippen LogP) is 4.26. The molecule has 0 fully saturated rings. The lowest BCUT2D eigenvalue weighted by Crippen LogP contribution is -2.61. The second-order valence-electron chi connectivity index (χ2n) is 9.31. The van der Waals surface area contributed by atoms with Crippen LogP contribution in [0.3, 0.4) is 0 Å². The minimum atomic E-state index is -1.38. The van der Waals surface area contributed by atoms with Crippen molar-refractivity contribution < 1.29 is 19.1 Å². The van der Waals surface area contributed by atoms with Gasteiger partial charge in [0.15, 0.2) is 0 Å². The van der Waals surface area contributed by atoms with Crippen LogP contribution in [0.5, 0.6) is 0 Å². The molecule has 0 radical (unpaired) electrons. The molecule has 0 aliphatic carbocycles. The van der Waals surface area contributed by atoms with Crippen molar-refractivity contribution in [2.24, 2.45) is 5.73 Å². The van der Waals surface area contributed by atoms with Crippen LogP contribution in [-0.4, -0.2) is 34.5 Å². The number of fused-ring (bicyclic) bond motifs is 1. The van der Waals surface area contributed by atoms with Crippen molar-refractivity contribution >= 4 is 40.4 Å². The number of rotatable bonds is 10. The smallest absolute Gasteiger partial charge is 0.408 e. The maximum absolute atomic E-state index is 13.5. The Morgan fingerprint density at radius 1 is 0.974 bits per heavy atom. The highest BCUT2D eigenvalue weighted by Gasteiger charge is 2.36. The van der Waals surface area contributed by atoms with Gasteiger partial charge < -0.3 is 26.1 Å². The van der Waals surface area contributed by atoms with Gasteiger partial charge in [-0.25, -0.2) is 4.79 Å². The molecule has 38 heavy (non-hydrogen) atoms. The maximum Gasteiger partial charge on any atom is 0.408 e. The fourth-order valence-corrected chi connectivity index (χ4v) is 4.33. The number of nitrogens with one attached hydrogen (secondary N) is 3. The summed E-state index contributed by atoms with van der Waals surface area (Å²) in [5.74, 6) is -1.25. The first kappa shape index (κ1) is 26.8. The number of para-hydroxylation sites is 1. The Labute approximate surface area is 225 Å². The van der Waals surface area contributed by atoms with Crippen molar-refractivity contribution in [3.63, 3.8) is 0 Å². The number of carbonyl (C=O) groups is 3. The molecule has 3 aromatic carbocycles. The van der Waals surface area contributed by atoms with Crippen molar-refractivity contribution in [3.05, 3.63) is 107 Å². The van der Waals surface area contributed by atoms with E-state index in [-0.39, 0.29) is 19.4 Å². The van der Waals surface area contributed by atoms with Gasteiger partial charge in [-0.2, -0.15) is 0 Å². The molecule has 0 aliphatic heterocycles. The van der Waals surface area contributed by atoms with Crippen LogP contribution in [0, 0.1) is 0 Å². The SMILES string of the molecule is C[C@](Cc1ccccc1)(NC(=O)[C@H](Cc1c[nH]c2ccccc12)NC(=O)OCc1ccc(Cl)cc1)C(N)=O. The molecule has 1 aromatic heterocycles. The Hall–Kier alpha value is -4.30. The Bertz CT molecular complexity index is 1420. The van der Waals surface area contributed by atoms with Crippen molar-refractivity contribution in [1.82, 2.24) is 15.6 Å². The summed E-state index contributed by atoms with van der Waals surface area (Å²) >= 11 is 5.91. The van der Waals surface area contributed by atoms with E-state index in [0.29, 0.717) is 5.02 Å². The van der Waals surface area contributed by atoms with E-state index < -0.39 is 29.5 Å². The van der Waals surface area contributed by atoms with Crippen molar-refractivity contribution in [2.45, 2.75) is 38.0 Å². The first-order valence-electron chi connectivity index (χ1n) is 12.1. The van der Waals surface area contributed by atoms with Crippen molar-refractivity contribution in [2.75, 3.05) is 0 Å². The number of H-pyrrole nitrogens is 1. The molecule has 196 valence electrons. The predicted molar refractivity (Wildman–Crippen MR) is 146 cm³/mol. The topological polar surface area (TPSA) is 126 Å². The number of alkyl carbamates (subject to hydrolysis) is 1. The summed E-state index contributed by atoms with van der Waals surface area (Å²) in [7, 11) is 0. The molecular formula is C29H29ClN4O4. The third-order valence-electron chi connectivity index (χ3n) is 6.33. The average Bonchev–Trinajstić information content (AvgIpc) is 3.31. The Morgan fingerprint density at radius 2 is 1.66 bits per heavy atom. The number of amides is 3. The van der Waals surface area contributed by atoms with Crippen molar-refractivity contribution in [3.8, 4) is 0 Å². The maximum atomic E-state index is 13.5. The summed E-state index contributed by atoms with van der Waals surface area (Å²) in [4.78, 5) is 41.9. The number of primary amides is 1. The molecule has 4 aromatic rings. The molecule has 3 amide bonds. The van der Waals surface area contributed by atoms with Crippen LogP contribution in [0.2, 0.25) is 5.02 Å². The van der Waals surface area contributed by atoms with Crippen LogP contribution in [0.1, 0.15) is 23.6 Å². The van der Waals surface area contributed by atoms with Crippen LogP contribution in [-0.2, 0) is 33.8 Å². The molecule has 8 nitrogen and oxygen atoms in total. The van der Waals surface area contributed by atoms with Crippen LogP contribution in [0.4, 0.5) is 4.79 Å². The minimum absolute atomic E-state index is 0.00254. The van der Waals surface area contributed by atoms with Gasteiger partial charge >= 0.3 is 6.09 Å². The van der Waals surface area contributed by atoms with Gasteiger partial charge in [0.05, 0.1) is 0 Å². The zero-order valence-electron chi connectivity index (χ0n) is 20.9. The van der Waals surface area contributed by atoms with Gasteiger partial charge in [-0.05, 0) is 41.8 Å². The van der Waals surface area contributed by atoms with E-state index >= 15 is 0 Å². The zero-order valence-corrected chi connectivity index (χ0v) is 21.6. The Balaban J connectivity index is 1.53. The molecule has 0 spiro atoms. The molecular weight excluding hydrogens is 504 g/mol. The fraction of sp³-hybridized carbons (Fsp3) is 0.207. The Morgan fingerprint density at radius 3 is 2.37 bits per heavy atom.